The lowest BCUT2D eigenvalue weighted by molar-refractivity contribution is 0.116. The van der Waals surface area contributed by atoms with Gasteiger partial charge in [-0.3, -0.25) is 0 Å². The number of hydrogen-bond donors (Lipinski definition) is 1. The van der Waals surface area contributed by atoms with E-state index < -0.39 is 0 Å². The van der Waals surface area contributed by atoms with Crippen LogP contribution < -0.4 is 5.32 Å². The first-order valence-electron chi connectivity index (χ1n) is 6.29. The molecule has 2 nitrogen and oxygen atoms in total. The summed E-state index contributed by atoms with van der Waals surface area (Å²) in [5, 5.41) is 4.76. The average Bonchev–Trinajstić information content (AvgIpc) is 3.03. The number of piperidine rings is 1. The number of hydrogen-bond acceptors (Lipinski definition) is 2. The quantitative estimate of drug-likeness (QED) is 0.921. The summed E-state index contributed by atoms with van der Waals surface area (Å²) in [6.07, 6.45) is 2.33. The van der Waals surface area contributed by atoms with Crippen molar-refractivity contribution in [2.45, 2.75) is 18.3 Å². The standard InChI is InChI=1S/C14H17Cl2NO/c1-18-9-13-7-14(13,4-5-17-8-13)10-2-3-11(15)12(16)6-10/h2-3,6,17H,4-5,7-9H2,1H3/t13-,14?/m1/s1. The van der Waals surface area contributed by atoms with E-state index in [1.54, 1.807) is 7.11 Å². The Bertz CT molecular complexity index is 475. The molecule has 1 aromatic rings. The van der Waals surface area contributed by atoms with Gasteiger partial charge in [0.2, 0.25) is 0 Å². The maximum Gasteiger partial charge on any atom is 0.0595 e. The van der Waals surface area contributed by atoms with Gasteiger partial charge in [-0.25, -0.2) is 0 Å². The molecule has 2 fully saturated rings. The van der Waals surface area contributed by atoms with Crippen LogP contribution in [0.15, 0.2) is 18.2 Å². The summed E-state index contributed by atoms with van der Waals surface area (Å²) in [5.74, 6) is 0. The minimum atomic E-state index is 0.239. The van der Waals surface area contributed by atoms with Crippen molar-refractivity contribution in [3.8, 4) is 0 Å². The predicted octanol–water partition coefficient (Wildman–Crippen LogP) is 3.26. The lowest BCUT2D eigenvalue weighted by Gasteiger charge is -2.31. The number of methoxy groups -OCH3 is 1. The first-order chi connectivity index (χ1) is 8.63. The van der Waals surface area contributed by atoms with Gasteiger partial charge in [0.1, 0.15) is 0 Å². The van der Waals surface area contributed by atoms with E-state index in [0.29, 0.717) is 10.0 Å². The first kappa shape index (κ1) is 12.7. The van der Waals surface area contributed by atoms with Crippen LogP contribution in [0.2, 0.25) is 10.0 Å². The van der Waals surface area contributed by atoms with Crippen LogP contribution in [0.4, 0.5) is 0 Å². The predicted molar refractivity (Wildman–Crippen MR) is 74.6 cm³/mol. The molecule has 1 saturated carbocycles. The summed E-state index contributed by atoms with van der Waals surface area (Å²) >= 11 is 12.2. The summed E-state index contributed by atoms with van der Waals surface area (Å²) in [6, 6.07) is 6.06. The zero-order valence-corrected chi connectivity index (χ0v) is 11.9. The molecule has 18 heavy (non-hydrogen) atoms. The first-order valence-corrected chi connectivity index (χ1v) is 7.04. The molecule has 4 heteroatoms. The molecule has 0 amide bonds. The normalized spacial score (nSPS) is 34.2. The fourth-order valence-electron chi connectivity index (χ4n) is 3.61. The monoisotopic (exact) mass is 285 g/mol. The second kappa shape index (κ2) is 4.38. The van der Waals surface area contributed by atoms with Crippen molar-refractivity contribution in [1.29, 1.82) is 0 Å². The maximum atomic E-state index is 6.16. The molecule has 2 aliphatic rings. The van der Waals surface area contributed by atoms with Gasteiger partial charge in [0.25, 0.3) is 0 Å². The van der Waals surface area contributed by atoms with Crippen LogP contribution in [0.1, 0.15) is 18.4 Å². The van der Waals surface area contributed by atoms with Crippen molar-refractivity contribution in [3.05, 3.63) is 33.8 Å². The summed E-state index contributed by atoms with van der Waals surface area (Å²) in [4.78, 5) is 0. The minimum absolute atomic E-state index is 0.239. The van der Waals surface area contributed by atoms with Crippen LogP contribution >= 0.6 is 23.2 Å². The van der Waals surface area contributed by atoms with Crippen LogP contribution in [-0.4, -0.2) is 26.8 Å². The Labute approximate surface area is 118 Å². The van der Waals surface area contributed by atoms with E-state index in [4.69, 9.17) is 27.9 Å². The number of halogens is 2. The third-order valence-corrected chi connectivity index (χ3v) is 5.35. The Hall–Kier alpha value is -0.280. The molecule has 0 bridgehead atoms. The third-order valence-electron chi connectivity index (χ3n) is 4.62. The second-order valence-electron chi connectivity index (χ2n) is 5.53. The molecule has 1 aromatic carbocycles. The maximum absolute atomic E-state index is 6.16. The van der Waals surface area contributed by atoms with Gasteiger partial charge in [-0.05, 0) is 37.1 Å². The van der Waals surface area contributed by atoms with E-state index in [0.717, 1.165) is 26.1 Å². The average molecular weight is 286 g/mol. The Morgan fingerprint density at radius 1 is 1.33 bits per heavy atom. The van der Waals surface area contributed by atoms with Crippen molar-refractivity contribution in [3.63, 3.8) is 0 Å². The largest absolute Gasteiger partial charge is 0.384 e. The zero-order chi connectivity index (χ0) is 12.8. The lowest BCUT2D eigenvalue weighted by atomic mass is 9.81. The smallest absolute Gasteiger partial charge is 0.0595 e. The lowest BCUT2D eigenvalue weighted by Crippen LogP contribution is -2.40. The Balaban J connectivity index is 1.97. The molecular weight excluding hydrogens is 269 g/mol. The Kier molecular flexibility index (Phi) is 3.10. The van der Waals surface area contributed by atoms with Crippen molar-refractivity contribution in [2.75, 3.05) is 26.8 Å². The number of benzene rings is 1. The van der Waals surface area contributed by atoms with Gasteiger partial charge in [0, 0.05) is 24.5 Å². The molecule has 1 aliphatic heterocycles. The van der Waals surface area contributed by atoms with Gasteiger partial charge in [0.05, 0.1) is 16.7 Å². The van der Waals surface area contributed by atoms with E-state index >= 15 is 0 Å². The molecule has 0 radical (unpaired) electrons. The molecular formula is C14H17Cl2NO. The number of ether oxygens (including phenoxy) is 1. The molecule has 0 aromatic heterocycles. The Morgan fingerprint density at radius 2 is 2.17 bits per heavy atom. The number of fused-ring (bicyclic) bond motifs is 1. The molecule has 98 valence electrons. The van der Waals surface area contributed by atoms with Crippen LogP contribution in [0.5, 0.6) is 0 Å². The van der Waals surface area contributed by atoms with Gasteiger partial charge in [-0.1, -0.05) is 29.3 Å². The summed E-state index contributed by atoms with van der Waals surface area (Å²) in [6.45, 7) is 2.90. The molecule has 1 heterocycles. The minimum Gasteiger partial charge on any atom is -0.384 e. The molecule has 1 saturated heterocycles. The van der Waals surface area contributed by atoms with Crippen molar-refractivity contribution >= 4 is 23.2 Å². The summed E-state index contributed by atoms with van der Waals surface area (Å²) in [7, 11) is 1.78. The van der Waals surface area contributed by atoms with E-state index in [2.05, 4.69) is 11.4 Å². The number of nitrogens with one attached hydrogen (secondary N) is 1. The molecule has 1 N–H and O–H groups in total. The highest BCUT2D eigenvalue weighted by molar-refractivity contribution is 6.42. The van der Waals surface area contributed by atoms with Gasteiger partial charge < -0.3 is 10.1 Å². The molecule has 3 rings (SSSR count). The van der Waals surface area contributed by atoms with Crippen molar-refractivity contribution in [1.82, 2.24) is 5.32 Å². The fourth-order valence-corrected chi connectivity index (χ4v) is 3.91. The van der Waals surface area contributed by atoms with E-state index in [1.165, 1.54) is 12.0 Å². The highest BCUT2D eigenvalue weighted by atomic mass is 35.5. The number of rotatable bonds is 3. The van der Waals surface area contributed by atoms with E-state index in [9.17, 15) is 0 Å². The van der Waals surface area contributed by atoms with E-state index in [-0.39, 0.29) is 10.8 Å². The zero-order valence-electron chi connectivity index (χ0n) is 10.4. The van der Waals surface area contributed by atoms with Crippen LogP contribution in [0.25, 0.3) is 0 Å². The van der Waals surface area contributed by atoms with Gasteiger partial charge in [0.15, 0.2) is 0 Å². The molecule has 1 aliphatic carbocycles. The van der Waals surface area contributed by atoms with Crippen LogP contribution in [-0.2, 0) is 10.2 Å². The second-order valence-corrected chi connectivity index (χ2v) is 6.34. The van der Waals surface area contributed by atoms with Crippen LogP contribution in [0, 0.1) is 5.41 Å². The summed E-state index contributed by atoms with van der Waals surface area (Å²) in [5.41, 5.74) is 1.80. The highest BCUT2D eigenvalue weighted by Crippen LogP contribution is 2.67. The molecule has 1 unspecified atom stereocenters. The van der Waals surface area contributed by atoms with Crippen LogP contribution in [0.3, 0.4) is 0 Å². The highest BCUT2D eigenvalue weighted by Gasteiger charge is 2.68. The summed E-state index contributed by atoms with van der Waals surface area (Å²) < 4.78 is 5.43. The molecule has 0 spiro atoms. The van der Waals surface area contributed by atoms with E-state index in [1.807, 2.05) is 12.1 Å². The topological polar surface area (TPSA) is 21.3 Å². The third kappa shape index (κ3) is 1.70. The van der Waals surface area contributed by atoms with Gasteiger partial charge in [-0.15, -0.1) is 0 Å². The van der Waals surface area contributed by atoms with Gasteiger partial charge in [-0.2, -0.15) is 0 Å². The fraction of sp³-hybridized carbons (Fsp3) is 0.571. The van der Waals surface area contributed by atoms with Crippen molar-refractivity contribution in [2.24, 2.45) is 5.41 Å². The Morgan fingerprint density at radius 3 is 2.89 bits per heavy atom. The molecule has 2 atom stereocenters. The van der Waals surface area contributed by atoms with Gasteiger partial charge >= 0.3 is 0 Å². The van der Waals surface area contributed by atoms with Crippen molar-refractivity contribution < 1.29 is 4.74 Å². The SMILES string of the molecule is COC[C@@]12CNCCC1(c1ccc(Cl)c(Cl)c1)C2.